The summed E-state index contributed by atoms with van der Waals surface area (Å²) in [7, 11) is 1.60. The van der Waals surface area contributed by atoms with Crippen molar-refractivity contribution in [2.75, 3.05) is 20.5 Å². The summed E-state index contributed by atoms with van der Waals surface area (Å²) in [6.45, 7) is 2.88. The zero-order valence-corrected chi connectivity index (χ0v) is 7.27. The Morgan fingerprint density at radius 1 is 1.67 bits per heavy atom. The topological polar surface area (TPSA) is 18.5 Å². The molecule has 0 bridgehead atoms. The highest BCUT2D eigenvalue weighted by Crippen LogP contribution is 2.03. The third-order valence-electron chi connectivity index (χ3n) is 0.754. The highest BCUT2D eigenvalue weighted by Gasteiger charge is 1.87. The molecular weight excluding hydrogens is 184 g/mol. The lowest BCUT2D eigenvalue weighted by atomic mass is 10.6. The van der Waals surface area contributed by atoms with Crippen LogP contribution in [0.1, 0.15) is 6.92 Å². The van der Waals surface area contributed by atoms with Gasteiger partial charge < -0.3 is 9.47 Å². The number of rotatable bonds is 4. The van der Waals surface area contributed by atoms with Crippen molar-refractivity contribution in [1.82, 2.24) is 0 Å². The molecule has 0 radical (unpaired) electrons. The van der Waals surface area contributed by atoms with Crippen LogP contribution >= 0.6 is 15.9 Å². The van der Waals surface area contributed by atoms with Crippen LogP contribution in [0.25, 0.3) is 0 Å². The van der Waals surface area contributed by atoms with Gasteiger partial charge in [-0.3, -0.25) is 0 Å². The second-order valence-corrected chi connectivity index (χ2v) is 2.51. The van der Waals surface area contributed by atoms with Crippen molar-refractivity contribution in [3.8, 4) is 0 Å². The number of hydrogen-bond acceptors (Lipinski definition) is 2. The number of hydrogen-bond donors (Lipinski definition) is 0. The van der Waals surface area contributed by atoms with Crippen molar-refractivity contribution in [1.29, 1.82) is 0 Å². The van der Waals surface area contributed by atoms with Crippen LogP contribution in [0.4, 0.5) is 0 Å². The minimum atomic E-state index is 0.350. The lowest BCUT2D eigenvalue weighted by molar-refractivity contribution is -0.0192. The van der Waals surface area contributed by atoms with Crippen LogP contribution in [0.5, 0.6) is 0 Å². The lowest BCUT2D eigenvalue weighted by Gasteiger charge is -1.99. The summed E-state index contributed by atoms with van der Waals surface area (Å²) in [5.74, 6) is 0. The van der Waals surface area contributed by atoms with E-state index in [1.807, 2.05) is 13.0 Å². The van der Waals surface area contributed by atoms with Crippen molar-refractivity contribution >= 4 is 15.9 Å². The average molecular weight is 195 g/mol. The molecule has 0 unspecified atom stereocenters. The molecule has 0 aromatic heterocycles. The average Bonchev–Trinajstić information content (AvgIpc) is 1.89. The molecule has 0 aromatic rings. The summed E-state index contributed by atoms with van der Waals surface area (Å²) >= 11 is 3.29. The monoisotopic (exact) mass is 194 g/mol. The van der Waals surface area contributed by atoms with E-state index >= 15 is 0 Å². The Hall–Kier alpha value is 0.140. The molecule has 0 heterocycles. The van der Waals surface area contributed by atoms with Gasteiger partial charge in [0.25, 0.3) is 0 Å². The molecule has 54 valence electrons. The first-order valence-corrected chi connectivity index (χ1v) is 3.48. The van der Waals surface area contributed by atoms with Crippen molar-refractivity contribution < 1.29 is 9.47 Å². The number of allylic oxidation sites excluding steroid dienone is 1. The maximum absolute atomic E-state index is 5.00. The molecule has 0 amide bonds. The fourth-order valence-electron chi connectivity index (χ4n) is 0.306. The molecule has 0 N–H and O–H groups in total. The molecule has 3 heteroatoms. The minimum Gasteiger partial charge on any atom is -0.359 e. The molecule has 0 aliphatic carbocycles. The molecule has 0 atom stereocenters. The van der Waals surface area contributed by atoms with Crippen molar-refractivity contribution in [3.63, 3.8) is 0 Å². The fraction of sp³-hybridized carbons (Fsp3) is 0.667. The highest BCUT2D eigenvalue weighted by atomic mass is 79.9. The van der Waals surface area contributed by atoms with Gasteiger partial charge >= 0.3 is 0 Å². The number of halogens is 1. The Bertz CT molecular complexity index is 91.1. The van der Waals surface area contributed by atoms with E-state index in [1.165, 1.54) is 0 Å². The predicted octanol–water partition coefficient (Wildman–Crippen LogP) is 1.91. The van der Waals surface area contributed by atoms with Gasteiger partial charge in [0.05, 0.1) is 6.61 Å². The summed E-state index contributed by atoms with van der Waals surface area (Å²) < 4.78 is 10.7. The van der Waals surface area contributed by atoms with Crippen LogP contribution < -0.4 is 0 Å². The van der Waals surface area contributed by atoms with E-state index in [-0.39, 0.29) is 0 Å². The molecule has 0 spiro atoms. The fourth-order valence-corrected chi connectivity index (χ4v) is 0.468. The third kappa shape index (κ3) is 6.02. The lowest BCUT2D eigenvalue weighted by Crippen LogP contribution is -1.97. The molecule has 0 saturated carbocycles. The first-order valence-electron chi connectivity index (χ1n) is 2.68. The molecule has 0 aliphatic heterocycles. The van der Waals surface area contributed by atoms with Gasteiger partial charge in [-0.05, 0) is 6.92 Å². The van der Waals surface area contributed by atoms with Gasteiger partial charge in [0.1, 0.15) is 6.79 Å². The Morgan fingerprint density at radius 2 is 2.33 bits per heavy atom. The summed E-state index contributed by atoms with van der Waals surface area (Å²) in [5.41, 5.74) is 0. The summed E-state index contributed by atoms with van der Waals surface area (Å²) in [6, 6.07) is 0. The van der Waals surface area contributed by atoms with Gasteiger partial charge in [-0.1, -0.05) is 22.0 Å². The highest BCUT2D eigenvalue weighted by molar-refractivity contribution is 9.11. The standard InChI is InChI=1S/C6H11BrO2/c1-3-6(7)4-9-5-8-2/h3H,4-5H2,1-2H3/b6-3+. The normalized spacial score (nSPS) is 12.1. The Kier molecular flexibility index (Phi) is 6.36. The van der Waals surface area contributed by atoms with Crippen LogP contribution in [0, 0.1) is 0 Å². The first-order chi connectivity index (χ1) is 4.31. The van der Waals surface area contributed by atoms with Crippen molar-refractivity contribution in [2.45, 2.75) is 6.92 Å². The zero-order chi connectivity index (χ0) is 7.11. The van der Waals surface area contributed by atoms with Crippen LogP contribution in [-0.4, -0.2) is 20.5 Å². The maximum atomic E-state index is 5.00. The summed E-state index contributed by atoms with van der Waals surface area (Å²) in [4.78, 5) is 0. The summed E-state index contributed by atoms with van der Waals surface area (Å²) in [6.07, 6.45) is 1.94. The van der Waals surface area contributed by atoms with Gasteiger partial charge in [-0.15, -0.1) is 0 Å². The van der Waals surface area contributed by atoms with Crippen LogP contribution in [-0.2, 0) is 9.47 Å². The predicted molar refractivity (Wildman–Crippen MR) is 40.5 cm³/mol. The van der Waals surface area contributed by atoms with E-state index in [1.54, 1.807) is 7.11 Å². The van der Waals surface area contributed by atoms with Crippen molar-refractivity contribution in [3.05, 3.63) is 10.6 Å². The molecule has 0 saturated heterocycles. The Balaban J connectivity index is 3.07. The van der Waals surface area contributed by atoms with E-state index in [0.29, 0.717) is 13.4 Å². The maximum Gasteiger partial charge on any atom is 0.146 e. The van der Waals surface area contributed by atoms with Gasteiger partial charge in [0, 0.05) is 11.6 Å². The van der Waals surface area contributed by atoms with Gasteiger partial charge in [0.2, 0.25) is 0 Å². The zero-order valence-electron chi connectivity index (χ0n) is 5.69. The van der Waals surface area contributed by atoms with E-state index in [4.69, 9.17) is 4.74 Å². The van der Waals surface area contributed by atoms with Crippen LogP contribution in [0.2, 0.25) is 0 Å². The molecule has 0 rings (SSSR count). The molecule has 0 aromatic carbocycles. The molecule has 9 heavy (non-hydrogen) atoms. The molecule has 2 nitrogen and oxygen atoms in total. The van der Waals surface area contributed by atoms with E-state index in [0.717, 1.165) is 4.48 Å². The molecule has 0 fully saturated rings. The van der Waals surface area contributed by atoms with E-state index in [9.17, 15) is 0 Å². The molecular formula is C6H11BrO2. The van der Waals surface area contributed by atoms with Gasteiger partial charge in [-0.2, -0.15) is 0 Å². The SMILES string of the molecule is C/C=C(/Br)COCOC. The second kappa shape index (κ2) is 6.26. The Labute approximate surface area is 64.0 Å². The van der Waals surface area contributed by atoms with Crippen LogP contribution in [0.15, 0.2) is 10.6 Å². The van der Waals surface area contributed by atoms with Crippen molar-refractivity contribution in [2.24, 2.45) is 0 Å². The number of ether oxygens (including phenoxy) is 2. The first kappa shape index (κ1) is 9.14. The van der Waals surface area contributed by atoms with E-state index in [2.05, 4.69) is 20.7 Å². The Morgan fingerprint density at radius 3 is 2.78 bits per heavy atom. The summed E-state index contributed by atoms with van der Waals surface area (Å²) in [5, 5.41) is 0. The molecule has 0 aliphatic rings. The second-order valence-electron chi connectivity index (χ2n) is 1.49. The smallest absolute Gasteiger partial charge is 0.146 e. The van der Waals surface area contributed by atoms with Crippen LogP contribution in [0.3, 0.4) is 0 Å². The largest absolute Gasteiger partial charge is 0.359 e. The van der Waals surface area contributed by atoms with Gasteiger partial charge in [-0.25, -0.2) is 0 Å². The third-order valence-corrected chi connectivity index (χ3v) is 1.44. The minimum absolute atomic E-state index is 0.350. The van der Waals surface area contributed by atoms with Gasteiger partial charge in [0.15, 0.2) is 0 Å². The van der Waals surface area contributed by atoms with E-state index < -0.39 is 0 Å². The number of methoxy groups -OCH3 is 1. The quantitative estimate of drug-likeness (QED) is 0.503.